The second-order valence-corrected chi connectivity index (χ2v) is 12.7. The summed E-state index contributed by atoms with van der Waals surface area (Å²) in [4.78, 5) is 47.6. The van der Waals surface area contributed by atoms with Crippen LogP contribution in [0.3, 0.4) is 0 Å². The molecule has 13 heteroatoms. The van der Waals surface area contributed by atoms with Crippen molar-refractivity contribution < 1.29 is 23.5 Å². The van der Waals surface area contributed by atoms with Crippen LogP contribution in [0.25, 0.3) is 21.2 Å². The molecule has 1 fully saturated rings. The monoisotopic (exact) mass is 655 g/mol. The molecule has 0 radical (unpaired) electrons. The van der Waals surface area contributed by atoms with Crippen molar-refractivity contribution >= 4 is 56.0 Å². The van der Waals surface area contributed by atoms with E-state index in [9.17, 15) is 14.4 Å². The Kier molecular flexibility index (Phi) is 9.27. The summed E-state index contributed by atoms with van der Waals surface area (Å²) in [5.41, 5.74) is 10.3. The Labute approximate surface area is 276 Å². The van der Waals surface area contributed by atoms with E-state index in [4.69, 9.17) is 14.9 Å². The number of thiazole rings is 1. The molecule has 0 unspecified atom stereocenters. The first-order chi connectivity index (χ1) is 22.7. The molecule has 12 nitrogen and oxygen atoms in total. The molecule has 244 valence electrons. The van der Waals surface area contributed by atoms with E-state index in [2.05, 4.69) is 16.4 Å². The van der Waals surface area contributed by atoms with Crippen molar-refractivity contribution in [3.8, 4) is 5.75 Å². The summed E-state index contributed by atoms with van der Waals surface area (Å²) in [6.07, 6.45) is 2.38. The van der Waals surface area contributed by atoms with Crippen molar-refractivity contribution in [2.24, 2.45) is 0 Å². The van der Waals surface area contributed by atoms with E-state index < -0.39 is 6.17 Å². The number of amides is 4. The summed E-state index contributed by atoms with van der Waals surface area (Å²) >= 11 is 1.39. The summed E-state index contributed by atoms with van der Waals surface area (Å²) in [5, 5.41) is 7.53. The number of nitrogens with two attached hydrogens (primary N) is 1. The van der Waals surface area contributed by atoms with Gasteiger partial charge in [-0.1, -0.05) is 41.7 Å². The number of ether oxygens (including phenoxy) is 1. The lowest BCUT2D eigenvalue weighted by molar-refractivity contribution is -0.132. The number of urea groups is 1. The molecule has 1 saturated heterocycles. The molecular formula is C34H37N7O5S. The van der Waals surface area contributed by atoms with Gasteiger partial charge in [-0.3, -0.25) is 14.6 Å². The number of para-hydroxylation sites is 1. The van der Waals surface area contributed by atoms with E-state index in [0.29, 0.717) is 11.6 Å². The smallest absolute Gasteiger partial charge is 0.332 e. The molecule has 1 aliphatic heterocycles. The van der Waals surface area contributed by atoms with Gasteiger partial charge in [-0.15, -0.1) is 0 Å². The second-order valence-electron chi connectivity index (χ2n) is 11.6. The summed E-state index contributed by atoms with van der Waals surface area (Å²) in [6, 6.07) is 20.5. The number of benzene rings is 3. The SMILES string of the molecule is COc1ccc(CNC(=O)N(C)N2CC(=O)N([C@H](C)Cc3ccc4occc4c3)[C@@H]2CN(C=O)Cc2cccc3sc(N)nc23)cc1. The molecule has 3 aromatic carbocycles. The number of carbonyl (C=O) groups excluding carboxylic acids is 3. The highest BCUT2D eigenvalue weighted by atomic mass is 32.1. The maximum Gasteiger partial charge on any atom is 0.332 e. The molecule has 6 rings (SSSR count). The number of hydrazine groups is 1. The van der Waals surface area contributed by atoms with E-state index in [-0.39, 0.29) is 44.2 Å². The van der Waals surface area contributed by atoms with Crippen LogP contribution in [0.2, 0.25) is 0 Å². The summed E-state index contributed by atoms with van der Waals surface area (Å²) in [7, 11) is 3.23. The van der Waals surface area contributed by atoms with Crippen LogP contribution in [0.4, 0.5) is 9.93 Å². The fourth-order valence-electron chi connectivity index (χ4n) is 6.12. The largest absolute Gasteiger partial charge is 0.497 e. The zero-order valence-electron chi connectivity index (χ0n) is 26.5. The maximum absolute atomic E-state index is 13.7. The zero-order valence-corrected chi connectivity index (χ0v) is 27.3. The number of furan rings is 1. The third kappa shape index (κ3) is 6.86. The van der Waals surface area contributed by atoms with Crippen molar-refractivity contribution in [1.82, 2.24) is 30.1 Å². The lowest BCUT2D eigenvalue weighted by atomic mass is 10.0. The van der Waals surface area contributed by atoms with E-state index in [0.717, 1.165) is 50.0 Å². The Morgan fingerprint density at radius 1 is 1.19 bits per heavy atom. The van der Waals surface area contributed by atoms with Crippen LogP contribution >= 0.6 is 11.3 Å². The molecule has 3 N–H and O–H groups in total. The molecule has 0 aliphatic carbocycles. The summed E-state index contributed by atoms with van der Waals surface area (Å²) < 4.78 is 11.7. The zero-order chi connectivity index (χ0) is 33.1. The third-order valence-corrected chi connectivity index (χ3v) is 9.34. The molecule has 0 spiro atoms. The van der Waals surface area contributed by atoms with Crippen LogP contribution in [0.5, 0.6) is 5.75 Å². The molecular weight excluding hydrogens is 618 g/mol. The number of methoxy groups -OCH3 is 1. The molecule has 5 aromatic rings. The van der Waals surface area contributed by atoms with E-state index in [1.54, 1.807) is 35.2 Å². The van der Waals surface area contributed by atoms with E-state index in [1.807, 2.05) is 67.6 Å². The topological polar surface area (TPSA) is 137 Å². The normalized spacial score (nSPS) is 15.7. The van der Waals surface area contributed by atoms with Crippen molar-refractivity contribution in [3.05, 3.63) is 89.7 Å². The number of anilines is 1. The molecule has 0 saturated carbocycles. The number of hydrogen-bond donors (Lipinski definition) is 2. The molecule has 0 bridgehead atoms. The Morgan fingerprint density at radius 2 is 1.98 bits per heavy atom. The Morgan fingerprint density at radius 3 is 2.74 bits per heavy atom. The minimum atomic E-state index is -0.614. The fraction of sp³-hybridized carbons (Fsp3) is 0.294. The molecule has 4 amide bonds. The minimum Gasteiger partial charge on any atom is -0.497 e. The number of carbonyl (C=O) groups is 3. The van der Waals surface area contributed by atoms with Crippen molar-refractivity contribution in [3.63, 3.8) is 0 Å². The summed E-state index contributed by atoms with van der Waals surface area (Å²) in [6.45, 7) is 2.67. The molecule has 3 heterocycles. The number of nitrogens with one attached hydrogen (secondary N) is 1. The third-order valence-electron chi connectivity index (χ3n) is 8.49. The van der Waals surface area contributed by atoms with Crippen LogP contribution in [0, 0.1) is 0 Å². The number of nitrogens with zero attached hydrogens (tertiary/aromatic N) is 5. The average Bonchev–Trinajstić information content (AvgIpc) is 3.79. The predicted molar refractivity (Wildman–Crippen MR) is 180 cm³/mol. The molecule has 2 atom stereocenters. The minimum absolute atomic E-state index is 0.0207. The van der Waals surface area contributed by atoms with Gasteiger partial charge in [0.25, 0.3) is 0 Å². The van der Waals surface area contributed by atoms with Gasteiger partial charge >= 0.3 is 6.03 Å². The molecule has 1 aliphatic rings. The number of hydrogen-bond acceptors (Lipinski definition) is 9. The van der Waals surface area contributed by atoms with Crippen molar-refractivity contribution in [2.75, 3.05) is 33.0 Å². The highest BCUT2D eigenvalue weighted by Gasteiger charge is 2.44. The maximum atomic E-state index is 13.7. The van der Waals surface area contributed by atoms with Crippen molar-refractivity contribution in [1.29, 1.82) is 0 Å². The Bertz CT molecular complexity index is 1890. The van der Waals surface area contributed by atoms with E-state index >= 15 is 0 Å². The van der Waals surface area contributed by atoms with Gasteiger partial charge in [-0.05, 0) is 66.4 Å². The van der Waals surface area contributed by atoms with Gasteiger partial charge in [-0.2, -0.15) is 5.01 Å². The lowest BCUT2D eigenvalue weighted by Gasteiger charge is -2.39. The van der Waals surface area contributed by atoms with Crippen LogP contribution in [0.1, 0.15) is 23.6 Å². The van der Waals surface area contributed by atoms with Crippen LogP contribution in [-0.2, 0) is 29.1 Å². The number of fused-ring (bicyclic) bond motifs is 2. The van der Waals surface area contributed by atoms with Gasteiger partial charge in [0.1, 0.15) is 17.5 Å². The van der Waals surface area contributed by atoms with E-state index in [1.165, 1.54) is 16.3 Å². The number of rotatable bonds is 12. The first kappa shape index (κ1) is 31.8. The van der Waals surface area contributed by atoms with Gasteiger partial charge in [-0.25, -0.2) is 9.78 Å². The van der Waals surface area contributed by atoms with Gasteiger partial charge in [0.15, 0.2) is 5.13 Å². The first-order valence-electron chi connectivity index (χ1n) is 15.3. The number of aromatic nitrogens is 1. The van der Waals surface area contributed by atoms with Gasteiger partial charge < -0.3 is 30.0 Å². The predicted octanol–water partition coefficient (Wildman–Crippen LogP) is 4.45. The standard InChI is InChI=1S/C34H37N7O5S/c1-22(15-24-9-12-28-25(16-24)13-14-46-28)41-30(19-39(21-42)18-26-5-4-6-29-32(26)37-33(35)47-29)40(20-31(41)43)38(2)34(44)36-17-23-7-10-27(45-3)11-8-23/h4-14,16,21-22,30H,15,17-20H2,1-3H3,(H2,35,37)(H,36,44)/t22-,30-/m1/s1. The van der Waals surface area contributed by atoms with Gasteiger partial charge in [0, 0.05) is 31.6 Å². The van der Waals surface area contributed by atoms with Gasteiger partial charge in [0.2, 0.25) is 12.3 Å². The first-order valence-corrected chi connectivity index (χ1v) is 16.1. The lowest BCUT2D eigenvalue weighted by Crippen LogP contribution is -2.57. The molecule has 2 aromatic heterocycles. The van der Waals surface area contributed by atoms with Crippen molar-refractivity contribution in [2.45, 2.75) is 38.6 Å². The van der Waals surface area contributed by atoms with Crippen LogP contribution in [-0.4, -0.2) is 82.6 Å². The highest BCUT2D eigenvalue weighted by molar-refractivity contribution is 7.22. The molecule has 47 heavy (non-hydrogen) atoms. The fourth-order valence-corrected chi connectivity index (χ4v) is 6.90. The number of nitrogen functional groups attached to an aromatic ring is 1. The van der Waals surface area contributed by atoms with Gasteiger partial charge in [0.05, 0.1) is 36.7 Å². The average molecular weight is 656 g/mol. The Balaban J connectivity index is 1.24. The van der Waals surface area contributed by atoms with Crippen LogP contribution < -0.4 is 15.8 Å². The summed E-state index contributed by atoms with van der Waals surface area (Å²) in [5.74, 6) is 0.589. The second kappa shape index (κ2) is 13.7. The van der Waals surface area contributed by atoms with Crippen LogP contribution in [0.15, 0.2) is 77.4 Å². The Hall–Kier alpha value is -5.14. The highest BCUT2D eigenvalue weighted by Crippen LogP contribution is 2.29. The quantitative estimate of drug-likeness (QED) is 0.188.